The number of hydrogen-bond donors (Lipinski definition) is 2. The molecule has 0 bridgehead atoms. The molecule has 7 heteroatoms. The van der Waals surface area contributed by atoms with Gasteiger partial charge in [-0.3, -0.25) is 4.79 Å². The van der Waals surface area contributed by atoms with Gasteiger partial charge in [0.25, 0.3) is 5.91 Å². The molecule has 1 aromatic carbocycles. The van der Waals surface area contributed by atoms with Crippen molar-refractivity contribution in [1.82, 2.24) is 9.62 Å². The average Bonchev–Trinajstić information content (AvgIpc) is 2.54. The van der Waals surface area contributed by atoms with Crippen LogP contribution in [-0.2, 0) is 10.0 Å². The summed E-state index contributed by atoms with van der Waals surface area (Å²) in [5.41, 5.74) is 0.664. The predicted molar refractivity (Wildman–Crippen MR) is 88.5 cm³/mol. The highest BCUT2D eigenvalue weighted by atomic mass is 32.2. The number of rotatable bonds is 6. The van der Waals surface area contributed by atoms with E-state index in [1.54, 1.807) is 17.0 Å². The Morgan fingerprint density at radius 3 is 2.48 bits per heavy atom. The highest BCUT2D eigenvalue weighted by Gasteiger charge is 2.27. The van der Waals surface area contributed by atoms with Crippen LogP contribution in [0.3, 0.4) is 0 Å². The molecule has 2 N–H and O–H groups in total. The maximum atomic E-state index is 12.3. The van der Waals surface area contributed by atoms with Gasteiger partial charge in [-0.05, 0) is 37.8 Å². The van der Waals surface area contributed by atoms with Gasteiger partial charge in [0.2, 0.25) is 10.0 Å². The van der Waals surface area contributed by atoms with Gasteiger partial charge in [-0.25, -0.2) is 13.1 Å². The van der Waals surface area contributed by atoms with Gasteiger partial charge < -0.3 is 10.0 Å². The van der Waals surface area contributed by atoms with Crippen LogP contribution >= 0.6 is 0 Å². The van der Waals surface area contributed by atoms with Gasteiger partial charge in [0.1, 0.15) is 0 Å². The molecule has 6 nitrogen and oxygen atoms in total. The summed E-state index contributed by atoms with van der Waals surface area (Å²) in [7, 11) is -3.38. The highest BCUT2D eigenvalue weighted by Crippen LogP contribution is 2.20. The summed E-state index contributed by atoms with van der Waals surface area (Å²) in [6, 6.07) is 9.12. The van der Waals surface area contributed by atoms with E-state index in [-0.39, 0.29) is 24.1 Å². The van der Waals surface area contributed by atoms with E-state index in [0.717, 1.165) is 0 Å². The molecule has 1 aliphatic rings. The van der Waals surface area contributed by atoms with Crippen LogP contribution < -0.4 is 4.72 Å². The third-order valence-corrected chi connectivity index (χ3v) is 5.49. The van der Waals surface area contributed by atoms with Crippen LogP contribution in [0, 0.1) is 5.92 Å². The number of benzene rings is 1. The van der Waals surface area contributed by atoms with Crippen LogP contribution in [-0.4, -0.2) is 55.8 Å². The molecular weight excluding hydrogens is 316 g/mol. The van der Waals surface area contributed by atoms with Gasteiger partial charge in [0.05, 0.1) is 11.9 Å². The van der Waals surface area contributed by atoms with Crippen molar-refractivity contribution in [2.24, 2.45) is 5.92 Å². The van der Waals surface area contributed by atoms with Gasteiger partial charge in [-0.2, -0.15) is 0 Å². The van der Waals surface area contributed by atoms with E-state index in [1.165, 1.54) is 6.92 Å². The Labute approximate surface area is 137 Å². The molecule has 128 valence electrons. The Bertz CT molecular complexity index is 608. The summed E-state index contributed by atoms with van der Waals surface area (Å²) in [6.45, 7) is 2.72. The molecule has 1 heterocycles. The number of piperidine rings is 1. The largest absolute Gasteiger partial charge is 0.392 e. The maximum absolute atomic E-state index is 12.3. The van der Waals surface area contributed by atoms with Gasteiger partial charge in [-0.15, -0.1) is 0 Å². The summed E-state index contributed by atoms with van der Waals surface area (Å²) in [5.74, 6) is 0.0908. The zero-order valence-electron chi connectivity index (χ0n) is 13.3. The minimum Gasteiger partial charge on any atom is -0.392 e. The molecule has 1 saturated heterocycles. The summed E-state index contributed by atoms with van der Waals surface area (Å²) in [6.07, 6.45) is 0.651. The monoisotopic (exact) mass is 340 g/mol. The van der Waals surface area contributed by atoms with Crippen LogP contribution in [0.25, 0.3) is 0 Å². The summed E-state index contributed by atoms with van der Waals surface area (Å²) >= 11 is 0. The van der Waals surface area contributed by atoms with Gasteiger partial charge >= 0.3 is 0 Å². The Hall–Kier alpha value is -1.44. The number of carbonyl (C=O) groups is 1. The smallest absolute Gasteiger partial charge is 0.253 e. The first-order valence-corrected chi connectivity index (χ1v) is 9.52. The normalized spacial score (nSPS) is 17.9. The average molecular weight is 340 g/mol. The topological polar surface area (TPSA) is 86.7 Å². The molecule has 0 saturated carbocycles. The predicted octanol–water partition coefficient (Wildman–Crippen LogP) is 0.839. The number of sulfonamides is 1. The molecule has 1 atom stereocenters. The fraction of sp³-hybridized carbons (Fsp3) is 0.562. The Kier molecular flexibility index (Phi) is 6.15. The molecular formula is C16H24N2O4S. The molecule has 0 spiro atoms. The summed E-state index contributed by atoms with van der Waals surface area (Å²) in [5, 5.41) is 9.15. The maximum Gasteiger partial charge on any atom is 0.253 e. The SMILES string of the molecule is C[C@@H](O)CNS(=O)(=O)CC1CCN(C(=O)c2ccccc2)CC1. The Morgan fingerprint density at radius 2 is 1.91 bits per heavy atom. The molecule has 0 radical (unpaired) electrons. The number of nitrogens with one attached hydrogen (secondary N) is 1. The lowest BCUT2D eigenvalue weighted by Crippen LogP contribution is -2.41. The summed E-state index contributed by atoms with van der Waals surface area (Å²) < 4.78 is 26.3. The van der Waals surface area contributed by atoms with Gasteiger partial charge in [0.15, 0.2) is 0 Å². The first kappa shape index (κ1) is 17.9. The van der Waals surface area contributed by atoms with Crippen molar-refractivity contribution >= 4 is 15.9 Å². The number of nitrogens with zero attached hydrogens (tertiary/aromatic N) is 1. The minimum atomic E-state index is -3.38. The second-order valence-corrected chi connectivity index (χ2v) is 7.93. The van der Waals surface area contributed by atoms with E-state index in [0.29, 0.717) is 31.5 Å². The van der Waals surface area contributed by atoms with Crippen molar-refractivity contribution in [3.63, 3.8) is 0 Å². The Balaban J connectivity index is 1.83. The van der Waals surface area contributed by atoms with Gasteiger partial charge in [0, 0.05) is 25.2 Å². The number of likely N-dealkylation sites (tertiary alicyclic amines) is 1. The van der Waals surface area contributed by atoms with Crippen LogP contribution in [0.1, 0.15) is 30.1 Å². The molecule has 23 heavy (non-hydrogen) atoms. The van der Waals surface area contributed by atoms with Crippen molar-refractivity contribution in [2.45, 2.75) is 25.9 Å². The van der Waals surface area contributed by atoms with E-state index in [9.17, 15) is 13.2 Å². The lowest BCUT2D eigenvalue weighted by atomic mass is 9.98. The molecule has 1 amide bonds. The van der Waals surface area contributed by atoms with Crippen molar-refractivity contribution < 1.29 is 18.3 Å². The van der Waals surface area contributed by atoms with Gasteiger partial charge in [-0.1, -0.05) is 18.2 Å². The van der Waals surface area contributed by atoms with E-state index in [4.69, 9.17) is 5.11 Å². The van der Waals surface area contributed by atoms with Crippen molar-refractivity contribution in [3.8, 4) is 0 Å². The quantitative estimate of drug-likeness (QED) is 0.803. The number of amides is 1. The standard InChI is InChI=1S/C16H24N2O4S/c1-13(19)11-17-23(21,22)12-14-7-9-18(10-8-14)16(20)15-5-3-2-4-6-15/h2-6,13-14,17,19H,7-12H2,1H3/t13-/m1/s1. The lowest BCUT2D eigenvalue weighted by Gasteiger charge is -2.32. The second-order valence-electron chi connectivity index (χ2n) is 6.08. The lowest BCUT2D eigenvalue weighted by molar-refractivity contribution is 0.0698. The molecule has 0 unspecified atom stereocenters. The third-order valence-electron chi connectivity index (χ3n) is 3.98. The highest BCUT2D eigenvalue weighted by molar-refractivity contribution is 7.89. The van der Waals surface area contributed by atoms with Crippen molar-refractivity contribution in [1.29, 1.82) is 0 Å². The minimum absolute atomic E-state index is 0.000799. The van der Waals surface area contributed by atoms with Crippen LogP contribution in [0.5, 0.6) is 0 Å². The van der Waals surface area contributed by atoms with Crippen LogP contribution in [0.15, 0.2) is 30.3 Å². The molecule has 1 fully saturated rings. The summed E-state index contributed by atoms with van der Waals surface area (Å²) in [4.78, 5) is 14.1. The van der Waals surface area contributed by atoms with Crippen LogP contribution in [0.2, 0.25) is 0 Å². The number of hydrogen-bond acceptors (Lipinski definition) is 4. The van der Waals surface area contributed by atoms with Crippen molar-refractivity contribution in [3.05, 3.63) is 35.9 Å². The van der Waals surface area contributed by atoms with E-state index in [2.05, 4.69) is 4.72 Å². The van der Waals surface area contributed by atoms with Crippen LogP contribution in [0.4, 0.5) is 0 Å². The second kappa shape index (κ2) is 7.90. The zero-order valence-corrected chi connectivity index (χ0v) is 14.1. The molecule has 0 aliphatic carbocycles. The molecule has 1 aliphatic heterocycles. The first-order chi connectivity index (χ1) is 10.9. The van der Waals surface area contributed by atoms with E-state index >= 15 is 0 Å². The Morgan fingerprint density at radius 1 is 1.30 bits per heavy atom. The van der Waals surface area contributed by atoms with E-state index in [1.807, 2.05) is 18.2 Å². The number of aliphatic hydroxyl groups is 1. The number of carbonyl (C=O) groups excluding carboxylic acids is 1. The molecule has 2 rings (SSSR count). The zero-order chi connectivity index (χ0) is 16.9. The van der Waals surface area contributed by atoms with E-state index < -0.39 is 16.1 Å². The third kappa shape index (κ3) is 5.60. The molecule has 1 aromatic rings. The first-order valence-electron chi connectivity index (χ1n) is 7.87. The number of aliphatic hydroxyl groups excluding tert-OH is 1. The fourth-order valence-corrected chi connectivity index (χ4v) is 4.25. The fourth-order valence-electron chi connectivity index (χ4n) is 2.68. The van der Waals surface area contributed by atoms with Crippen molar-refractivity contribution in [2.75, 3.05) is 25.4 Å². The molecule has 0 aromatic heterocycles.